The number of nitrogens with zero attached hydrogens (tertiary/aromatic N) is 1. The number of rotatable bonds is 7. The summed E-state index contributed by atoms with van der Waals surface area (Å²) >= 11 is 4.87. The van der Waals surface area contributed by atoms with E-state index in [1.165, 1.54) is 105 Å². The molecule has 11 rings (SSSR count). The largest absolute Gasteiger partial charge is 0.309 e. The van der Waals surface area contributed by atoms with Gasteiger partial charge in [-0.2, -0.15) is 0 Å². The molecule has 1 atom stereocenters. The SMILES string of the molecule is CC1=C(C=CC2=CC3=C(/C=C\CC#CC3)C2(C)C)c2cccc(-c3ccc(-c4ccc5c(c4)c4cc(-c6cccc(C7=C(S)CCC=C7)c6)ccc4n5-c4ccccc4)cc3)c2C(C)CC1. The first-order valence-corrected chi connectivity index (χ1v) is 24.2. The minimum Gasteiger partial charge on any atom is -0.309 e. The van der Waals surface area contributed by atoms with E-state index >= 15 is 0 Å². The van der Waals surface area contributed by atoms with Crippen LogP contribution in [0.25, 0.3) is 72.0 Å². The van der Waals surface area contributed by atoms with Crippen molar-refractivity contribution in [3.8, 4) is 50.9 Å². The fourth-order valence-electron chi connectivity index (χ4n) is 11.0. The fourth-order valence-corrected chi connectivity index (χ4v) is 11.3. The highest BCUT2D eigenvalue weighted by molar-refractivity contribution is 7.84. The summed E-state index contributed by atoms with van der Waals surface area (Å²) in [4.78, 5) is 1.16. The molecule has 1 unspecified atom stereocenters. The van der Waals surface area contributed by atoms with Crippen LogP contribution in [0.5, 0.6) is 0 Å². The number of hydrogen-bond donors (Lipinski definition) is 1. The molecule has 7 aromatic rings. The average Bonchev–Trinajstić information content (AvgIpc) is 3.74. The summed E-state index contributed by atoms with van der Waals surface area (Å²) in [6.45, 7) is 9.48. The van der Waals surface area contributed by atoms with Gasteiger partial charge in [-0.05, 0) is 164 Å². The van der Waals surface area contributed by atoms with Crippen LogP contribution in [0.3, 0.4) is 0 Å². The van der Waals surface area contributed by atoms with Crippen molar-refractivity contribution in [3.63, 3.8) is 0 Å². The Bertz CT molecular complexity index is 3390. The molecule has 0 bridgehead atoms. The standard InChI is InChI=1S/C64H55NS/c1-42-26-27-43(2)63-55(22-15-23-56(63)53(42)35-34-51-39-50-16-8-5-6-11-24-59(50)64(51,3)4)45-30-28-44(29-31-45)47-32-36-60-57(40-47)58-41-48(33-37-61(58)65(60)52-19-9-7-10-20-52)46-17-14-18-49(38-46)54-21-12-13-25-62(54)66/h7,9-12,14-15,17-24,28-41,43,66H,6,13,16,25-27H2,1-4H3/b24-11-,35-34?. The van der Waals surface area contributed by atoms with Crippen molar-refractivity contribution < 1.29 is 0 Å². The number of aromatic nitrogens is 1. The van der Waals surface area contributed by atoms with Crippen molar-refractivity contribution in [2.24, 2.45) is 5.41 Å². The molecule has 66 heavy (non-hydrogen) atoms. The van der Waals surface area contributed by atoms with Crippen LogP contribution in [-0.4, -0.2) is 4.57 Å². The van der Waals surface area contributed by atoms with Gasteiger partial charge in [0.05, 0.1) is 11.0 Å². The van der Waals surface area contributed by atoms with Crippen LogP contribution in [0.2, 0.25) is 0 Å². The summed E-state index contributed by atoms with van der Waals surface area (Å²) < 4.78 is 2.41. The Morgan fingerprint density at radius 1 is 0.652 bits per heavy atom. The van der Waals surface area contributed by atoms with Crippen LogP contribution in [0.15, 0.2) is 203 Å². The zero-order valence-electron chi connectivity index (χ0n) is 38.5. The van der Waals surface area contributed by atoms with E-state index in [1.54, 1.807) is 0 Å². The normalized spacial score (nSPS) is 18.5. The molecule has 1 aromatic heterocycles. The van der Waals surface area contributed by atoms with Crippen LogP contribution in [0.4, 0.5) is 0 Å². The highest BCUT2D eigenvalue weighted by Crippen LogP contribution is 2.48. The number of allylic oxidation sites excluding steroid dienone is 14. The summed E-state index contributed by atoms with van der Waals surface area (Å²) in [5.41, 5.74) is 23.2. The van der Waals surface area contributed by atoms with Crippen LogP contribution < -0.4 is 0 Å². The molecule has 4 aliphatic carbocycles. The minimum atomic E-state index is -0.0546. The smallest absolute Gasteiger partial charge is 0.0541 e. The molecule has 0 fully saturated rings. The van der Waals surface area contributed by atoms with E-state index in [9.17, 15) is 0 Å². The first-order chi connectivity index (χ1) is 32.2. The molecule has 4 aliphatic rings. The number of benzene rings is 6. The maximum absolute atomic E-state index is 4.87. The van der Waals surface area contributed by atoms with E-state index in [2.05, 4.69) is 220 Å². The summed E-state index contributed by atoms with van der Waals surface area (Å²) in [6.07, 6.45) is 22.1. The molecule has 0 saturated heterocycles. The fraction of sp³-hybridized carbons (Fsp3) is 0.188. The van der Waals surface area contributed by atoms with Crippen LogP contribution >= 0.6 is 12.6 Å². The minimum absolute atomic E-state index is 0.0546. The predicted octanol–water partition coefficient (Wildman–Crippen LogP) is 17.6. The third-order valence-corrected chi connectivity index (χ3v) is 15.1. The Kier molecular flexibility index (Phi) is 10.9. The lowest BCUT2D eigenvalue weighted by Gasteiger charge is -2.25. The predicted molar refractivity (Wildman–Crippen MR) is 286 cm³/mol. The van der Waals surface area contributed by atoms with E-state index < -0.39 is 0 Å². The first kappa shape index (κ1) is 41.9. The molecule has 1 heterocycles. The lowest BCUT2D eigenvalue weighted by atomic mass is 9.79. The maximum Gasteiger partial charge on any atom is 0.0541 e. The van der Waals surface area contributed by atoms with Crippen LogP contribution in [0, 0.1) is 17.3 Å². The van der Waals surface area contributed by atoms with Gasteiger partial charge >= 0.3 is 0 Å². The Hall–Kier alpha value is -6.79. The van der Waals surface area contributed by atoms with Gasteiger partial charge in [0.15, 0.2) is 0 Å². The summed E-state index contributed by atoms with van der Waals surface area (Å²) in [5, 5.41) is 2.49. The van der Waals surface area contributed by atoms with Gasteiger partial charge in [0.2, 0.25) is 0 Å². The van der Waals surface area contributed by atoms with Gasteiger partial charge in [-0.3, -0.25) is 0 Å². The Morgan fingerprint density at radius 2 is 1.33 bits per heavy atom. The Morgan fingerprint density at radius 3 is 2.11 bits per heavy atom. The molecule has 2 heteroatoms. The summed E-state index contributed by atoms with van der Waals surface area (Å²) in [5.74, 6) is 7.10. The van der Waals surface area contributed by atoms with Gasteiger partial charge in [-0.1, -0.05) is 172 Å². The van der Waals surface area contributed by atoms with Gasteiger partial charge in [0.1, 0.15) is 0 Å². The van der Waals surface area contributed by atoms with E-state index in [0.29, 0.717) is 5.92 Å². The molecule has 0 N–H and O–H groups in total. The second-order valence-electron chi connectivity index (χ2n) is 19.1. The zero-order valence-corrected chi connectivity index (χ0v) is 39.4. The Labute approximate surface area is 396 Å². The molecule has 1 nitrogen and oxygen atoms in total. The van der Waals surface area contributed by atoms with Crippen molar-refractivity contribution >= 4 is 45.6 Å². The molecular formula is C64H55NS. The van der Waals surface area contributed by atoms with Crippen molar-refractivity contribution in [1.82, 2.24) is 4.57 Å². The lowest BCUT2D eigenvalue weighted by Crippen LogP contribution is -2.13. The molecule has 0 aliphatic heterocycles. The molecule has 0 saturated carbocycles. The monoisotopic (exact) mass is 869 g/mol. The van der Waals surface area contributed by atoms with Crippen LogP contribution in [0.1, 0.15) is 88.8 Å². The van der Waals surface area contributed by atoms with Gasteiger partial charge in [-0.25, -0.2) is 0 Å². The van der Waals surface area contributed by atoms with Crippen molar-refractivity contribution in [3.05, 3.63) is 220 Å². The van der Waals surface area contributed by atoms with E-state index in [1.807, 2.05) is 0 Å². The molecule has 322 valence electrons. The van der Waals surface area contributed by atoms with Gasteiger partial charge in [0.25, 0.3) is 0 Å². The van der Waals surface area contributed by atoms with Gasteiger partial charge in [-0.15, -0.1) is 12.6 Å². The number of hydrogen-bond acceptors (Lipinski definition) is 1. The number of fused-ring (bicyclic) bond motifs is 4. The first-order valence-electron chi connectivity index (χ1n) is 23.8. The Balaban J connectivity index is 0.950. The van der Waals surface area contributed by atoms with Gasteiger partial charge < -0.3 is 4.57 Å². The topological polar surface area (TPSA) is 4.93 Å². The lowest BCUT2D eigenvalue weighted by molar-refractivity contribution is 0.575. The van der Waals surface area contributed by atoms with Crippen molar-refractivity contribution in [2.45, 2.75) is 72.1 Å². The molecule has 0 radical (unpaired) electrons. The molecule has 0 spiro atoms. The number of para-hydroxylation sites is 1. The zero-order chi connectivity index (χ0) is 44.9. The second-order valence-corrected chi connectivity index (χ2v) is 19.7. The highest BCUT2D eigenvalue weighted by Gasteiger charge is 2.32. The second kappa shape index (κ2) is 17.2. The molecule has 0 amide bonds. The van der Waals surface area contributed by atoms with Gasteiger partial charge in [0, 0.05) is 34.7 Å². The van der Waals surface area contributed by atoms with Crippen molar-refractivity contribution in [2.75, 3.05) is 0 Å². The summed E-state index contributed by atoms with van der Waals surface area (Å²) in [7, 11) is 0. The third kappa shape index (κ3) is 7.50. The van der Waals surface area contributed by atoms with Crippen LogP contribution in [-0.2, 0) is 0 Å². The molecule has 6 aromatic carbocycles. The van der Waals surface area contributed by atoms with E-state index in [0.717, 1.165) is 49.1 Å². The van der Waals surface area contributed by atoms with Crippen molar-refractivity contribution in [1.29, 1.82) is 0 Å². The quantitative estimate of drug-likeness (QED) is 0.120. The maximum atomic E-state index is 4.87. The summed E-state index contributed by atoms with van der Waals surface area (Å²) in [6, 6.07) is 50.0. The number of thiol groups is 1. The van der Waals surface area contributed by atoms with E-state index in [-0.39, 0.29) is 5.41 Å². The van der Waals surface area contributed by atoms with E-state index in [4.69, 9.17) is 12.6 Å². The molecular weight excluding hydrogens is 815 g/mol. The third-order valence-electron chi connectivity index (χ3n) is 14.7. The highest BCUT2D eigenvalue weighted by atomic mass is 32.1. The average molecular weight is 870 g/mol.